The van der Waals surface area contributed by atoms with E-state index in [2.05, 4.69) is 19.6 Å². The maximum absolute atomic E-state index is 12.0. The summed E-state index contributed by atoms with van der Waals surface area (Å²) >= 11 is 0. The van der Waals surface area contributed by atoms with Crippen molar-refractivity contribution in [3.8, 4) is 0 Å². The Kier molecular flexibility index (Phi) is 3.64. The standard InChI is InChI=1S/C12H14N4O4/c1-6(11(17)18)10-7(2)14-12(19)16(8(10)3)4-9-13-5-20-15-9/h5-6H,4H2,1-3H3,(H,17,18). The molecule has 0 aliphatic carbocycles. The van der Waals surface area contributed by atoms with E-state index in [4.69, 9.17) is 5.11 Å². The highest BCUT2D eigenvalue weighted by Crippen LogP contribution is 2.21. The van der Waals surface area contributed by atoms with Crippen LogP contribution in [0.1, 0.15) is 35.6 Å². The van der Waals surface area contributed by atoms with Gasteiger partial charge in [-0.2, -0.15) is 9.97 Å². The van der Waals surface area contributed by atoms with Crippen molar-refractivity contribution in [2.45, 2.75) is 33.2 Å². The predicted molar refractivity (Wildman–Crippen MR) is 67.4 cm³/mol. The van der Waals surface area contributed by atoms with Gasteiger partial charge in [-0.1, -0.05) is 5.16 Å². The molecule has 0 amide bonds. The minimum Gasteiger partial charge on any atom is -0.481 e. The maximum Gasteiger partial charge on any atom is 0.348 e. The third kappa shape index (κ3) is 2.44. The Morgan fingerprint density at radius 1 is 1.50 bits per heavy atom. The van der Waals surface area contributed by atoms with Gasteiger partial charge < -0.3 is 9.63 Å². The molecule has 1 N–H and O–H groups in total. The van der Waals surface area contributed by atoms with Gasteiger partial charge in [0.15, 0.2) is 5.82 Å². The van der Waals surface area contributed by atoms with Crippen molar-refractivity contribution < 1.29 is 14.4 Å². The van der Waals surface area contributed by atoms with Crippen LogP contribution in [0.15, 0.2) is 15.7 Å². The number of aryl methyl sites for hydroxylation is 1. The van der Waals surface area contributed by atoms with Gasteiger partial charge in [0.25, 0.3) is 0 Å². The normalized spacial score (nSPS) is 12.3. The van der Waals surface area contributed by atoms with Gasteiger partial charge in [0.2, 0.25) is 6.39 Å². The Labute approximate surface area is 114 Å². The van der Waals surface area contributed by atoms with Gasteiger partial charge in [-0.3, -0.25) is 9.36 Å². The van der Waals surface area contributed by atoms with Crippen LogP contribution in [0.5, 0.6) is 0 Å². The van der Waals surface area contributed by atoms with Crippen LogP contribution in [-0.2, 0) is 11.3 Å². The summed E-state index contributed by atoms with van der Waals surface area (Å²) in [4.78, 5) is 30.8. The van der Waals surface area contributed by atoms with Crippen molar-refractivity contribution in [3.05, 3.63) is 39.7 Å². The molecule has 0 bridgehead atoms. The summed E-state index contributed by atoms with van der Waals surface area (Å²) in [6.45, 7) is 4.96. The van der Waals surface area contributed by atoms with E-state index in [1.807, 2.05) is 0 Å². The molecule has 8 heteroatoms. The molecule has 0 aromatic carbocycles. The number of carboxylic acids is 1. The zero-order valence-corrected chi connectivity index (χ0v) is 11.3. The summed E-state index contributed by atoms with van der Waals surface area (Å²) in [5, 5.41) is 12.8. The van der Waals surface area contributed by atoms with Crippen molar-refractivity contribution in [2.24, 2.45) is 0 Å². The Bertz CT molecular complexity index is 690. The van der Waals surface area contributed by atoms with Crippen molar-refractivity contribution in [3.63, 3.8) is 0 Å². The van der Waals surface area contributed by atoms with Gasteiger partial charge in [0, 0.05) is 17.0 Å². The lowest BCUT2D eigenvalue weighted by atomic mass is 9.98. The molecule has 2 rings (SSSR count). The number of carbonyl (C=O) groups is 1. The van der Waals surface area contributed by atoms with Gasteiger partial charge >= 0.3 is 11.7 Å². The molecule has 1 atom stereocenters. The van der Waals surface area contributed by atoms with E-state index in [1.54, 1.807) is 20.8 Å². The summed E-state index contributed by atoms with van der Waals surface area (Å²) in [7, 11) is 0. The average molecular weight is 278 g/mol. The first-order valence-corrected chi connectivity index (χ1v) is 5.97. The Morgan fingerprint density at radius 2 is 2.20 bits per heavy atom. The van der Waals surface area contributed by atoms with Crippen molar-refractivity contribution >= 4 is 5.97 Å². The number of hydrogen-bond acceptors (Lipinski definition) is 6. The third-order valence-electron chi connectivity index (χ3n) is 3.19. The van der Waals surface area contributed by atoms with E-state index < -0.39 is 17.6 Å². The van der Waals surface area contributed by atoms with Gasteiger partial charge in [0.1, 0.15) is 0 Å². The van der Waals surface area contributed by atoms with Crippen LogP contribution >= 0.6 is 0 Å². The Morgan fingerprint density at radius 3 is 2.75 bits per heavy atom. The minimum atomic E-state index is -0.970. The van der Waals surface area contributed by atoms with E-state index in [0.29, 0.717) is 22.8 Å². The highest BCUT2D eigenvalue weighted by Gasteiger charge is 2.22. The van der Waals surface area contributed by atoms with Gasteiger partial charge in [-0.15, -0.1) is 0 Å². The smallest absolute Gasteiger partial charge is 0.348 e. The fourth-order valence-corrected chi connectivity index (χ4v) is 2.15. The van der Waals surface area contributed by atoms with Crippen molar-refractivity contribution in [1.29, 1.82) is 0 Å². The zero-order valence-electron chi connectivity index (χ0n) is 11.3. The third-order valence-corrected chi connectivity index (χ3v) is 3.19. The molecule has 8 nitrogen and oxygen atoms in total. The molecule has 106 valence electrons. The first-order chi connectivity index (χ1) is 9.41. The lowest BCUT2D eigenvalue weighted by molar-refractivity contribution is -0.138. The second kappa shape index (κ2) is 5.24. The summed E-state index contributed by atoms with van der Waals surface area (Å²) in [5.74, 6) is -1.39. The van der Waals surface area contributed by atoms with Crippen LogP contribution < -0.4 is 5.69 Å². The molecule has 2 aromatic heterocycles. The predicted octanol–water partition coefficient (Wildman–Crippen LogP) is 0.480. The molecule has 0 saturated heterocycles. The number of aromatic nitrogens is 4. The van der Waals surface area contributed by atoms with Gasteiger partial charge in [-0.25, -0.2) is 4.79 Å². The number of aliphatic carboxylic acids is 1. The van der Waals surface area contributed by atoms with Gasteiger partial charge in [-0.05, 0) is 20.8 Å². The number of hydrogen-bond donors (Lipinski definition) is 1. The van der Waals surface area contributed by atoms with E-state index >= 15 is 0 Å². The molecule has 0 saturated carbocycles. The SMILES string of the molecule is Cc1nc(=O)n(Cc2ncon2)c(C)c1C(C)C(=O)O. The molecule has 0 radical (unpaired) electrons. The van der Waals surface area contributed by atoms with E-state index in [9.17, 15) is 9.59 Å². The maximum atomic E-state index is 12.0. The number of nitrogens with zero attached hydrogens (tertiary/aromatic N) is 4. The van der Waals surface area contributed by atoms with Gasteiger partial charge in [0.05, 0.1) is 12.5 Å². The second-order valence-corrected chi connectivity index (χ2v) is 4.47. The van der Waals surface area contributed by atoms with Crippen LogP contribution in [-0.4, -0.2) is 30.8 Å². The molecule has 0 fully saturated rings. The first kappa shape index (κ1) is 13.9. The summed E-state index contributed by atoms with van der Waals surface area (Å²) in [6, 6.07) is 0. The largest absolute Gasteiger partial charge is 0.481 e. The molecule has 20 heavy (non-hydrogen) atoms. The summed E-state index contributed by atoms with van der Waals surface area (Å²) in [5.41, 5.74) is 1.03. The molecule has 2 aromatic rings. The summed E-state index contributed by atoms with van der Waals surface area (Å²) in [6.07, 6.45) is 1.16. The monoisotopic (exact) mass is 278 g/mol. The van der Waals surface area contributed by atoms with Crippen LogP contribution in [0.2, 0.25) is 0 Å². The minimum absolute atomic E-state index is 0.0911. The average Bonchev–Trinajstić information content (AvgIpc) is 2.86. The van der Waals surface area contributed by atoms with E-state index in [1.165, 1.54) is 4.57 Å². The fraction of sp³-hybridized carbons (Fsp3) is 0.417. The van der Waals surface area contributed by atoms with Crippen LogP contribution in [0, 0.1) is 13.8 Å². The van der Waals surface area contributed by atoms with E-state index in [-0.39, 0.29) is 6.54 Å². The quantitative estimate of drug-likeness (QED) is 0.865. The van der Waals surface area contributed by atoms with Crippen LogP contribution in [0.4, 0.5) is 0 Å². The first-order valence-electron chi connectivity index (χ1n) is 5.97. The Balaban J connectivity index is 2.55. The second-order valence-electron chi connectivity index (χ2n) is 4.47. The summed E-state index contributed by atoms with van der Waals surface area (Å²) < 4.78 is 5.95. The highest BCUT2D eigenvalue weighted by molar-refractivity contribution is 5.76. The molecule has 2 heterocycles. The molecular weight excluding hydrogens is 264 g/mol. The van der Waals surface area contributed by atoms with Crippen molar-refractivity contribution in [2.75, 3.05) is 0 Å². The Hall–Kier alpha value is -2.51. The van der Waals surface area contributed by atoms with E-state index in [0.717, 1.165) is 6.39 Å². The molecule has 0 aliphatic rings. The topological polar surface area (TPSA) is 111 Å². The lowest BCUT2D eigenvalue weighted by Gasteiger charge is -2.17. The zero-order chi connectivity index (χ0) is 14.9. The lowest BCUT2D eigenvalue weighted by Crippen LogP contribution is -2.30. The molecule has 0 aliphatic heterocycles. The number of carboxylic acid groups (broad SMARTS) is 1. The fourth-order valence-electron chi connectivity index (χ4n) is 2.15. The van der Waals surface area contributed by atoms with Crippen molar-refractivity contribution in [1.82, 2.24) is 19.7 Å². The molecule has 0 spiro atoms. The number of rotatable bonds is 4. The molecular formula is C12H14N4O4. The molecule has 1 unspecified atom stereocenters. The highest BCUT2D eigenvalue weighted by atomic mass is 16.5. The van der Waals surface area contributed by atoms with Crippen LogP contribution in [0.25, 0.3) is 0 Å². The van der Waals surface area contributed by atoms with Crippen LogP contribution in [0.3, 0.4) is 0 Å².